The first kappa shape index (κ1) is 52.6. The molecule has 4 rings (SSSR count). The van der Waals surface area contributed by atoms with Gasteiger partial charge in [-0.05, 0) is 61.6 Å². The van der Waals surface area contributed by atoms with E-state index in [0.29, 0.717) is 13.1 Å². The van der Waals surface area contributed by atoms with Crippen molar-refractivity contribution in [3.05, 3.63) is 132 Å². The zero-order valence-corrected chi connectivity index (χ0v) is 30.5. The van der Waals surface area contributed by atoms with Gasteiger partial charge in [-0.1, -0.05) is 24.3 Å². The molecule has 0 aliphatic carbocycles. The second kappa shape index (κ2) is 31.9. The van der Waals surface area contributed by atoms with Crippen LogP contribution in [0.2, 0.25) is 0 Å². The van der Waals surface area contributed by atoms with Crippen LogP contribution >= 0.6 is 0 Å². The molecule has 0 aliphatic rings. The molecule has 0 aromatic carbocycles. The third kappa shape index (κ3) is 36.8. The van der Waals surface area contributed by atoms with Gasteiger partial charge in [0.2, 0.25) is 0 Å². The first-order valence-electron chi connectivity index (χ1n) is 14.1. The van der Waals surface area contributed by atoms with Crippen LogP contribution in [0.15, 0.2) is 97.6 Å². The molecule has 0 aliphatic heterocycles. The SMILES string of the molecule is CC#N.[Cu+2].[Cu+2].[NH-]CCN(Cc1ccccn1)Cc1ccccn1.[NH-]CCN(Cc1ccccn1)Cc1ccccn1.[O-][Cl+3]([O-])([O-])[O-].[O-][Cl+3]([O-])([O-])[O-]. The van der Waals surface area contributed by atoms with E-state index in [1.165, 1.54) is 6.92 Å². The monoisotopic (exact) mass is 847 g/mol. The molecule has 2 N–H and O–H groups in total. The zero-order chi connectivity index (χ0) is 37.0. The predicted octanol–water partition coefficient (Wildman–Crippen LogP) is -3.93. The average molecular weight is 850 g/mol. The van der Waals surface area contributed by atoms with E-state index in [0.717, 1.165) is 62.0 Å². The number of nitriles is 1. The molecule has 4 aromatic rings. The van der Waals surface area contributed by atoms with Gasteiger partial charge >= 0.3 is 34.1 Å². The molecular weight excluding hydrogens is 812 g/mol. The average Bonchev–Trinajstić information content (AvgIpc) is 3.03. The summed E-state index contributed by atoms with van der Waals surface area (Å²) in [7, 11) is -9.89. The van der Waals surface area contributed by atoms with Gasteiger partial charge in [0.05, 0.1) is 28.8 Å². The van der Waals surface area contributed by atoms with E-state index in [-0.39, 0.29) is 34.1 Å². The third-order valence-corrected chi connectivity index (χ3v) is 5.30. The summed E-state index contributed by atoms with van der Waals surface area (Å²) < 4.78 is 67.9. The van der Waals surface area contributed by atoms with Crippen molar-refractivity contribution in [3.63, 3.8) is 0 Å². The van der Waals surface area contributed by atoms with E-state index in [1.807, 2.05) is 72.8 Å². The summed E-state index contributed by atoms with van der Waals surface area (Å²) in [6.45, 7) is 6.71. The molecule has 21 heteroatoms. The number of aromatic nitrogens is 4. The maximum Gasteiger partial charge on any atom is 2.00 e. The molecular formula is C30H37Cl2Cu2N9O8. The number of nitrogens with one attached hydrogen (secondary N) is 2. The van der Waals surface area contributed by atoms with Gasteiger partial charge in [0, 0.05) is 57.9 Å². The molecule has 17 nitrogen and oxygen atoms in total. The topological polar surface area (TPSA) is 314 Å². The Labute approximate surface area is 322 Å². The van der Waals surface area contributed by atoms with Crippen LogP contribution in [0.1, 0.15) is 29.7 Å². The summed E-state index contributed by atoms with van der Waals surface area (Å²) in [6, 6.07) is 25.4. The number of hydrogen-bond acceptors (Lipinski definition) is 15. The van der Waals surface area contributed by atoms with E-state index in [1.54, 1.807) is 30.9 Å². The fourth-order valence-corrected chi connectivity index (χ4v) is 3.63. The second-order valence-electron chi connectivity index (χ2n) is 9.19. The largest absolute Gasteiger partial charge is 2.00 e. The molecule has 4 aromatic heterocycles. The molecule has 0 unspecified atom stereocenters. The Morgan fingerprint density at radius 2 is 0.725 bits per heavy atom. The first-order valence-corrected chi connectivity index (χ1v) is 16.5. The Hall–Kier alpha value is -2.77. The van der Waals surface area contributed by atoms with Gasteiger partial charge in [0.1, 0.15) is 0 Å². The summed E-state index contributed by atoms with van der Waals surface area (Å²) in [5, 5.41) is 7.32. The van der Waals surface area contributed by atoms with Crippen molar-refractivity contribution in [3.8, 4) is 6.07 Å². The second-order valence-corrected chi connectivity index (χ2v) is 10.7. The van der Waals surface area contributed by atoms with Crippen LogP contribution in [0.3, 0.4) is 0 Å². The summed E-state index contributed by atoms with van der Waals surface area (Å²) in [5.74, 6) is 0. The number of rotatable bonds is 12. The predicted molar refractivity (Wildman–Crippen MR) is 155 cm³/mol. The fraction of sp³-hybridized carbons (Fsp3) is 0.300. The molecule has 286 valence electrons. The van der Waals surface area contributed by atoms with E-state index < -0.39 is 20.5 Å². The molecule has 4 heterocycles. The van der Waals surface area contributed by atoms with Crippen molar-refractivity contribution >= 4 is 0 Å². The van der Waals surface area contributed by atoms with E-state index in [4.69, 9.17) is 54.0 Å². The quantitative estimate of drug-likeness (QED) is 0.123. The van der Waals surface area contributed by atoms with Gasteiger partial charge in [0.15, 0.2) is 0 Å². The fourth-order valence-electron chi connectivity index (χ4n) is 3.63. The van der Waals surface area contributed by atoms with Crippen LogP contribution < -0.4 is 37.3 Å². The standard InChI is InChI=1S/2C14H17N4.C2H3N.2ClHO4.2Cu/c2*15-7-10-18(11-13-5-1-3-8-16-13)12-14-6-2-4-9-17-14;1-2-3;2*2-1(3,4)5;;/h2*1-6,8-9,15H,7,10-12H2;1H3;2*(H,2,3,4,5);;/q2*-1;;;;2*+2/p-2. The maximum atomic E-state index is 8.49. The molecule has 0 amide bonds. The molecule has 51 heavy (non-hydrogen) atoms. The Bertz CT molecular complexity index is 1190. The van der Waals surface area contributed by atoms with Crippen LogP contribution in [-0.4, -0.2) is 55.9 Å². The smallest absolute Gasteiger partial charge is 0.676 e. The van der Waals surface area contributed by atoms with Crippen LogP contribution in [0, 0.1) is 31.8 Å². The van der Waals surface area contributed by atoms with E-state index in [9.17, 15) is 0 Å². The molecule has 0 atom stereocenters. The van der Waals surface area contributed by atoms with Gasteiger partial charge in [-0.15, -0.1) is 33.6 Å². The molecule has 0 saturated heterocycles. The first-order chi connectivity index (χ1) is 23.2. The van der Waals surface area contributed by atoms with Crippen molar-refractivity contribution in [1.29, 1.82) is 5.26 Å². The van der Waals surface area contributed by atoms with Gasteiger partial charge in [-0.25, -0.2) is 37.3 Å². The van der Waals surface area contributed by atoms with Crippen LogP contribution in [0.4, 0.5) is 0 Å². The zero-order valence-electron chi connectivity index (χ0n) is 27.1. The Morgan fingerprint density at radius 1 is 0.529 bits per heavy atom. The Kier molecular flexibility index (Phi) is 32.9. The van der Waals surface area contributed by atoms with Crippen LogP contribution in [0.5, 0.6) is 0 Å². The van der Waals surface area contributed by atoms with Crippen molar-refractivity contribution in [1.82, 2.24) is 29.7 Å². The van der Waals surface area contributed by atoms with Crippen molar-refractivity contribution in [2.24, 2.45) is 0 Å². The summed E-state index contributed by atoms with van der Waals surface area (Å²) >= 11 is 0. The summed E-state index contributed by atoms with van der Waals surface area (Å²) in [6.07, 6.45) is 7.20. The maximum absolute atomic E-state index is 8.49. The van der Waals surface area contributed by atoms with Crippen LogP contribution in [-0.2, 0) is 60.3 Å². The molecule has 0 spiro atoms. The molecule has 0 fully saturated rings. The minimum atomic E-state index is -4.94. The minimum Gasteiger partial charge on any atom is -0.676 e. The van der Waals surface area contributed by atoms with Crippen molar-refractivity contribution < 1.29 is 91.9 Å². The summed E-state index contributed by atoms with van der Waals surface area (Å²) in [5.41, 5.74) is 18.9. The van der Waals surface area contributed by atoms with Crippen molar-refractivity contribution in [2.75, 3.05) is 26.2 Å². The number of hydrogen-bond donors (Lipinski definition) is 0. The molecule has 0 saturated carbocycles. The van der Waals surface area contributed by atoms with Gasteiger partial charge in [-0.2, -0.15) is 5.26 Å². The minimum absolute atomic E-state index is 0. The number of pyridine rings is 4. The van der Waals surface area contributed by atoms with Gasteiger partial charge < -0.3 is 11.5 Å². The van der Waals surface area contributed by atoms with Crippen LogP contribution in [0.25, 0.3) is 11.5 Å². The van der Waals surface area contributed by atoms with E-state index >= 15 is 0 Å². The van der Waals surface area contributed by atoms with Gasteiger partial charge in [0.25, 0.3) is 0 Å². The molecule has 0 bridgehead atoms. The Morgan fingerprint density at radius 3 is 0.863 bits per heavy atom. The Balaban J connectivity index is -0.000000656. The summed E-state index contributed by atoms with van der Waals surface area (Å²) in [4.78, 5) is 21.7. The normalized spacial score (nSPS) is 10.1. The third-order valence-electron chi connectivity index (χ3n) is 5.30. The molecule has 2 radical (unpaired) electrons. The van der Waals surface area contributed by atoms with Gasteiger partial charge in [-0.3, -0.25) is 29.7 Å². The number of halogens is 2. The van der Waals surface area contributed by atoms with E-state index in [2.05, 4.69) is 29.7 Å². The van der Waals surface area contributed by atoms with Crippen molar-refractivity contribution in [2.45, 2.75) is 33.1 Å². The number of nitrogens with zero attached hydrogens (tertiary/aromatic N) is 7.